The number of rotatable bonds is 5. The molecule has 2 unspecified atom stereocenters. The lowest BCUT2D eigenvalue weighted by Gasteiger charge is -2.34. The Bertz CT molecular complexity index is 478. The van der Waals surface area contributed by atoms with Crippen molar-refractivity contribution in [3.63, 3.8) is 0 Å². The van der Waals surface area contributed by atoms with Crippen LogP contribution in [0.4, 0.5) is 0 Å². The maximum Gasteiger partial charge on any atom is 0.0677 e. The van der Waals surface area contributed by atoms with E-state index < -0.39 is 0 Å². The lowest BCUT2D eigenvalue weighted by Crippen LogP contribution is -2.45. The first kappa shape index (κ1) is 16.5. The standard InChI is InChI=1S/C19H31NO/c1-7-20-17(12-15-11-9-8-10-14(15)2)16-13-18(3,4)21-19(16,5)6/h8-11,16-17,20H,7,12-13H2,1-6H3. The van der Waals surface area contributed by atoms with Gasteiger partial charge in [0.2, 0.25) is 0 Å². The third-order valence-corrected chi connectivity index (χ3v) is 4.80. The second-order valence-corrected chi connectivity index (χ2v) is 7.57. The molecular weight excluding hydrogens is 258 g/mol. The number of hydrogen-bond donors (Lipinski definition) is 1. The van der Waals surface area contributed by atoms with Crippen molar-refractivity contribution in [2.75, 3.05) is 6.54 Å². The van der Waals surface area contributed by atoms with Gasteiger partial charge in [-0.1, -0.05) is 31.2 Å². The van der Waals surface area contributed by atoms with Gasteiger partial charge >= 0.3 is 0 Å². The number of hydrogen-bond acceptors (Lipinski definition) is 2. The summed E-state index contributed by atoms with van der Waals surface area (Å²) >= 11 is 0. The Morgan fingerprint density at radius 2 is 1.90 bits per heavy atom. The van der Waals surface area contributed by atoms with Gasteiger partial charge in [0, 0.05) is 12.0 Å². The second-order valence-electron chi connectivity index (χ2n) is 7.57. The first-order valence-electron chi connectivity index (χ1n) is 8.23. The summed E-state index contributed by atoms with van der Waals surface area (Å²) in [6, 6.07) is 9.19. The number of likely N-dealkylation sites (N-methyl/N-ethyl adjacent to an activating group) is 1. The lowest BCUT2D eigenvalue weighted by atomic mass is 9.79. The van der Waals surface area contributed by atoms with Crippen LogP contribution in [0.5, 0.6) is 0 Å². The van der Waals surface area contributed by atoms with Gasteiger partial charge in [-0.05, 0) is 65.1 Å². The minimum absolute atomic E-state index is 0.0203. The van der Waals surface area contributed by atoms with E-state index in [1.807, 2.05) is 0 Å². The third kappa shape index (κ3) is 3.87. The smallest absolute Gasteiger partial charge is 0.0677 e. The van der Waals surface area contributed by atoms with Gasteiger partial charge in [-0.15, -0.1) is 0 Å². The Kier molecular flexibility index (Phi) is 4.79. The van der Waals surface area contributed by atoms with Crippen LogP contribution in [0.15, 0.2) is 24.3 Å². The summed E-state index contributed by atoms with van der Waals surface area (Å²) in [6.07, 6.45) is 2.19. The van der Waals surface area contributed by atoms with E-state index >= 15 is 0 Å². The molecule has 1 saturated heterocycles. The number of benzene rings is 1. The van der Waals surface area contributed by atoms with Crippen LogP contribution in [-0.4, -0.2) is 23.8 Å². The summed E-state index contributed by atoms with van der Waals surface area (Å²) < 4.78 is 6.30. The van der Waals surface area contributed by atoms with Crippen LogP contribution in [0.1, 0.15) is 52.2 Å². The Morgan fingerprint density at radius 3 is 2.43 bits per heavy atom. The van der Waals surface area contributed by atoms with Gasteiger partial charge in [0.05, 0.1) is 11.2 Å². The molecule has 1 aliphatic heterocycles. The minimum Gasteiger partial charge on any atom is -0.369 e. The molecule has 0 aliphatic carbocycles. The lowest BCUT2D eigenvalue weighted by molar-refractivity contribution is -0.0776. The SMILES string of the molecule is CCNC(Cc1ccccc1C)C1CC(C)(C)OC1(C)C. The topological polar surface area (TPSA) is 21.3 Å². The summed E-state index contributed by atoms with van der Waals surface area (Å²) in [5.74, 6) is 0.534. The van der Waals surface area contributed by atoms with Crippen LogP contribution in [0.2, 0.25) is 0 Å². The second kappa shape index (κ2) is 6.10. The number of nitrogens with one attached hydrogen (secondary N) is 1. The van der Waals surface area contributed by atoms with Crippen LogP contribution < -0.4 is 5.32 Å². The van der Waals surface area contributed by atoms with E-state index in [1.165, 1.54) is 11.1 Å². The quantitative estimate of drug-likeness (QED) is 0.881. The first-order chi connectivity index (χ1) is 9.75. The van der Waals surface area contributed by atoms with Crippen molar-refractivity contribution in [1.82, 2.24) is 5.32 Å². The molecule has 1 fully saturated rings. The largest absolute Gasteiger partial charge is 0.369 e. The fourth-order valence-electron chi connectivity index (χ4n) is 3.93. The van der Waals surface area contributed by atoms with Crippen LogP contribution in [0.3, 0.4) is 0 Å². The summed E-state index contributed by atoms with van der Waals surface area (Å²) in [6.45, 7) is 14.3. The highest BCUT2D eigenvalue weighted by Crippen LogP contribution is 2.44. The van der Waals surface area contributed by atoms with Crippen LogP contribution in [0.25, 0.3) is 0 Å². The highest BCUT2D eigenvalue weighted by molar-refractivity contribution is 5.27. The van der Waals surface area contributed by atoms with Gasteiger partial charge in [0.1, 0.15) is 0 Å². The van der Waals surface area contributed by atoms with Gasteiger partial charge in [0.15, 0.2) is 0 Å². The van der Waals surface area contributed by atoms with Crippen molar-refractivity contribution in [1.29, 1.82) is 0 Å². The maximum atomic E-state index is 6.30. The number of aryl methyl sites for hydroxylation is 1. The van der Waals surface area contributed by atoms with Crippen LogP contribution in [-0.2, 0) is 11.2 Å². The Balaban J connectivity index is 2.21. The summed E-state index contributed by atoms with van der Waals surface area (Å²) in [4.78, 5) is 0. The fraction of sp³-hybridized carbons (Fsp3) is 0.684. The average Bonchev–Trinajstić information content (AvgIpc) is 2.59. The molecule has 1 aromatic carbocycles. The molecule has 2 rings (SSSR count). The molecule has 0 saturated carbocycles. The van der Waals surface area contributed by atoms with E-state index in [-0.39, 0.29) is 11.2 Å². The Labute approximate surface area is 130 Å². The molecular formula is C19H31NO. The van der Waals surface area contributed by atoms with E-state index in [9.17, 15) is 0 Å². The first-order valence-corrected chi connectivity index (χ1v) is 8.23. The van der Waals surface area contributed by atoms with Crippen LogP contribution in [0, 0.1) is 12.8 Å². The summed E-state index contributed by atoms with van der Waals surface area (Å²) in [5.41, 5.74) is 2.74. The molecule has 0 radical (unpaired) electrons. The molecule has 0 spiro atoms. The Hall–Kier alpha value is -0.860. The summed E-state index contributed by atoms with van der Waals surface area (Å²) in [7, 11) is 0. The van der Waals surface area contributed by atoms with E-state index in [1.54, 1.807) is 0 Å². The van der Waals surface area contributed by atoms with Crippen molar-refractivity contribution < 1.29 is 4.74 Å². The minimum atomic E-state index is -0.0704. The van der Waals surface area contributed by atoms with Crippen molar-refractivity contribution in [2.45, 2.75) is 71.6 Å². The van der Waals surface area contributed by atoms with E-state index in [0.29, 0.717) is 12.0 Å². The van der Waals surface area contributed by atoms with Gasteiger partial charge in [-0.25, -0.2) is 0 Å². The van der Waals surface area contributed by atoms with Gasteiger partial charge < -0.3 is 10.1 Å². The van der Waals surface area contributed by atoms with Crippen molar-refractivity contribution in [3.05, 3.63) is 35.4 Å². The molecule has 2 heteroatoms. The monoisotopic (exact) mass is 289 g/mol. The predicted molar refractivity (Wildman–Crippen MR) is 89.7 cm³/mol. The number of ether oxygens (including phenoxy) is 1. The van der Waals surface area contributed by atoms with Crippen molar-refractivity contribution >= 4 is 0 Å². The molecule has 118 valence electrons. The van der Waals surface area contributed by atoms with Crippen molar-refractivity contribution in [3.8, 4) is 0 Å². The molecule has 2 atom stereocenters. The molecule has 0 bridgehead atoms. The zero-order chi connectivity index (χ0) is 15.7. The fourth-order valence-corrected chi connectivity index (χ4v) is 3.93. The zero-order valence-electron chi connectivity index (χ0n) is 14.5. The van der Waals surface area contributed by atoms with E-state index in [0.717, 1.165) is 19.4 Å². The molecule has 21 heavy (non-hydrogen) atoms. The molecule has 1 N–H and O–H groups in total. The van der Waals surface area contributed by atoms with E-state index in [4.69, 9.17) is 4.74 Å². The van der Waals surface area contributed by atoms with Gasteiger partial charge in [0.25, 0.3) is 0 Å². The zero-order valence-corrected chi connectivity index (χ0v) is 14.5. The average molecular weight is 289 g/mol. The molecule has 2 nitrogen and oxygen atoms in total. The molecule has 0 aromatic heterocycles. The predicted octanol–water partition coefficient (Wildman–Crippen LogP) is 4.11. The van der Waals surface area contributed by atoms with Crippen molar-refractivity contribution in [2.24, 2.45) is 5.92 Å². The normalized spacial score (nSPS) is 25.0. The maximum absolute atomic E-state index is 6.30. The third-order valence-electron chi connectivity index (χ3n) is 4.80. The van der Waals surface area contributed by atoms with Crippen LogP contribution >= 0.6 is 0 Å². The molecule has 1 aliphatic rings. The molecule has 0 amide bonds. The van der Waals surface area contributed by atoms with Gasteiger partial charge in [-0.2, -0.15) is 0 Å². The van der Waals surface area contributed by atoms with Gasteiger partial charge in [-0.3, -0.25) is 0 Å². The summed E-state index contributed by atoms with van der Waals surface area (Å²) in [5, 5.41) is 3.71. The molecule has 1 heterocycles. The Morgan fingerprint density at radius 1 is 1.24 bits per heavy atom. The highest BCUT2D eigenvalue weighted by atomic mass is 16.5. The highest BCUT2D eigenvalue weighted by Gasteiger charge is 2.48. The molecule has 1 aromatic rings. The van der Waals surface area contributed by atoms with E-state index in [2.05, 4.69) is 71.1 Å².